The molecule has 0 radical (unpaired) electrons. The molecule has 1 heterocycles. The van der Waals surface area contributed by atoms with Crippen LogP contribution in [0.5, 0.6) is 5.75 Å². The molecule has 7 heteroatoms. The Hall–Kier alpha value is -1.60. The van der Waals surface area contributed by atoms with Crippen molar-refractivity contribution < 1.29 is 13.5 Å². The summed E-state index contributed by atoms with van der Waals surface area (Å²) in [4.78, 5) is 3.96. The number of halogens is 1. The standard InChI is InChI=1S/C13H13BrN2O3S/c1-8-7-12(9(2)6-10(8)14)20(18,19)16-13-11(17)4-3-5-15-13/h3-7,17H,1-2H3,(H,15,16). The van der Waals surface area contributed by atoms with Crippen molar-refractivity contribution >= 4 is 31.8 Å². The van der Waals surface area contributed by atoms with Crippen LogP contribution in [0, 0.1) is 13.8 Å². The molecule has 5 nitrogen and oxygen atoms in total. The molecule has 2 N–H and O–H groups in total. The predicted molar refractivity (Wildman–Crippen MR) is 80.3 cm³/mol. The summed E-state index contributed by atoms with van der Waals surface area (Å²) in [6.07, 6.45) is 1.40. The second-order valence-electron chi connectivity index (χ2n) is 4.34. The molecule has 2 aromatic rings. The van der Waals surface area contributed by atoms with Gasteiger partial charge in [-0.05, 0) is 49.2 Å². The van der Waals surface area contributed by atoms with E-state index >= 15 is 0 Å². The Bertz CT molecular complexity index is 760. The highest BCUT2D eigenvalue weighted by Gasteiger charge is 2.20. The maximum Gasteiger partial charge on any atom is 0.263 e. The Morgan fingerprint density at radius 3 is 2.60 bits per heavy atom. The monoisotopic (exact) mass is 356 g/mol. The third-order valence-electron chi connectivity index (χ3n) is 2.76. The first kappa shape index (κ1) is 14.8. The number of aryl methyl sites for hydroxylation is 2. The van der Waals surface area contributed by atoms with Crippen LogP contribution in [0.3, 0.4) is 0 Å². The second-order valence-corrected chi connectivity index (χ2v) is 6.85. The fraction of sp³-hybridized carbons (Fsp3) is 0.154. The molecule has 0 aliphatic rings. The van der Waals surface area contributed by atoms with E-state index in [-0.39, 0.29) is 16.5 Å². The lowest BCUT2D eigenvalue weighted by atomic mass is 10.2. The van der Waals surface area contributed by atoms with Crippen molar-refractivity contribution in [3.05, 3.63) is 46.1 Å². The topological polar surface area (TPSA) is 79.3 Å². The van der Waals surface area contributed by atoms with E-state index in [0.717, 1.165) is 10.0 Å². The number of benzene rings is 1. The number of pyridine rings is 1. The summed E-state index contributed by atoms with van der Waals surface area (Å²) in [6.45, 7) is 3.51. The summed E-state index contributed by atoms with van der Waals surface area (Å²) in [5.41, 5.74) is 1.41. The average Bonchev–Trinajstić information content (AvgIpc) is 2.36. The predicted octanol–water partition coefficient (Wildman–Crippen LogP) is 2.97. The first-order valence-electron chi connectivity index (χ1n) is 5.75. The second kappa shape index (κ2) is 5.41. The van der Waals surface area contributed by atoms with Gasteiger partial charge in [0.1, 0.15) is 0 Å². The lowest BCUT2D eigenvalue weighted by Crippen LogP contribution is -2.15. The summed E-state index contributed by atoms with van der Waals surface area (Å²) in [7, 11) is -3.80. The van der Waals surface area contributed by atoms with Crippen LogP contribution >= 0.6 is 15.9 Å². The van der Waals surface area contributed by atoms with E-state index in [1.54, 1.807) is 26.0 Å². The van der Waals surface area contributed by atoms with Crippen molar-refractivity contribution in [1.82, 2.24) is 4.98 Å². The van der Waals surface area contributed by atoms with Crippen LogP contribution in [0.1, 0.15) is 11.1 Å². The summed E-state index contributed by atoms with van der Waals surface area (Å²) in [5, 5.41) is 9.59. The number of aromatic hydroxyl groups is 1. The van der Waals surface area contributed by atoms with Gasteiger partial charge in [0.2, 0.25) is 0 Å². The van der Waals surface area contributed by atoms with E-state index in [9.17, 15) is 13.5 Å². The molecular formula is C13H13BrN2O3S. The lowest BCUT2D eigenvalue weighted by Gasteiger charge is -2.12. The quantitative estimate of drug-likeness (QED) is 0.885. The Balaban J connectivity index is 2.47. The molecule has 0 atom stereocenters. The van der Waals surface area contributed by atoms with Gasteiger partial charge in [-0.3, -0.25) is 4.72 Å². The third kappa shape index (κ3) is 2.94. The normalized spacial score (nSPS) is 11.3. The summed E-state index contributed by atoms with van der Waals surface area (Å²) in [5.74, 6) is -0.310. The SMILES string of the molecule is Cc1cc(S(=O)(=O)Nc2ncccc2O)c(C)cc1Br. The number of hydrogen-bond acceptors (Lipinski definition) is 4. The smallest absolute Gasteiger partial charge is 0.263 e. The zero-order valence-electron chi connectivity index (χ0n) is 10.9. The van der Waals surface area contributed by atoms with Gasteiger partial charge in [-0.15, -0.1) is 0 Å². The van der Waals surface area contributed by atoms with E-state index in [1.807, 2.05) is 0 Å². The van der Waals surface area contributed by atoms with Crippen LogP contribution in [-0.4, -0.2) is 18.5 Å². The average molecular weight is 357 g/mol. The van der Waals surface area contributed by atoms with Gasteiger partial charge in [0, 0.05) is 10.7 Å². The molecule has 0 saturated heterocycles. The third-order valence-corrected chi connectivity index (χ3v) is 5.10. The molecule has 20 heavy (non-hydrogen) atoms. The van der Waals surface area contributed by atoms with Crippen molar-refractivity contribution in [1.29, 1.82) is 0 Å². The van der Waals surface area contributed by atoms with Crippen molar-refractivity contribution in [2.24, 2.45) is 0 Å². The van der Waals surface area contributed by atoms with Gasteiger partial charge in [0.05, 0.1) is 4.90 Å². The number of anilines is 1. The van der Waals surface area contributed by atoms with Crippen molar-refractivity contribution in [3.8, 4) is 5.75 Å². The molecule has 106 valence electrons. The molecule has 0 unspecified atom stereocenters. The van der Waals surface area contributed by atoms with E-state index < -0.39 is 10.0 Å². The van der Waals surface area contributed by atoms with Crippen LogP contribution in [-0.2, 0) is 10.0 Å². The van der Waals surface area contributed by atoms with Crippen LogP contribution in [0.4, 0.5) is 5.82 Å². The molecule has 0 bridgehead atoms. The van der Waals surface area contributed by atoms with Crippen LogP contribution in [0.15, 0.2) is 39.8 Å². The molecule has 2 rings (SSSR count). The first-order chi connectivity index (χ1) is 9.31. The molecule has 1 aromatic heterocycles. The van der Waals surface area contributed by atoms with E-state index in [0.29, 0.717) is 5.56 Å². The van der Waals surface area contributed by atoms with Gasteiger partial charge in [0.15, 0.2) is 11.6 Å². The molecule has 0 spiro atoms. The van der Waals surface area contributed by atoms with Gasteiger partial charge in [-0.1, -0.05) is 15.9 Å². The Kier molecular flexibility index (Phi) is 4.01. The number of rotatable bonds is 3. The molecule has 0 aliphatic carbocycles. The zero-order valence-corrected chi connectivity index (χ0v) is 13.3. The molecule has 0 saturated carbocycles. The minimum absolute atomic E-state index is 0.0903. The first-order valence-corrected chi connectivity index (χ1v) is 8.02. The summed E-state index contributed by atoms with van der Waals surface area (Å²) < 4.78 is 27.8. The lowest BCUT2D eigenvalue weighted by molar-refractivity contribution is 0.475. The number of sulfonamides is 1. The van der Waals surface area contributed by atoms with Crippen molar-refractivity contribution in [3.63, 3.8) is 0 Å². The van der Waals surface area contributed by atoms with Gasteiger partial charge in [0.25, 0.3) is 10.0 Å². The fourth-order valence-corrected chi connectivity index (χ4v) is 3.50. The maximum atomic E-state index is 12.4. The molecule has 0 aliphatic heterocycles. The molecule has 0 amide bonds. The number of nitrogens with one attached hydrogen (secondary N) is 1. The van der Waals surface area contributed by atoms with Gasteiger partial charge in [-0.2, -0.15) is 0 Å². The van der Waals surface area contributed by atoms with Crippen LogP contribution < -0.4 is 4.72 Å². The van der Waals surface area contributed by atoms with Crippen LogP contribution in [0.25, 0.3) is 0 Å². The van der Waals surface area contributed by atoms with Crippen LogP contribution in [0.2, 0.25) is 0 Å². The van der Waals surface area contributed by atoms with Crippen molar-refractivity contribution in [2.75, 3.05) is 4.72 Å². The maximum absolute atomic E-state index is 12.4. The fourth-order valence-electron chi connectivity index (χ4n) is 1.70. The molecule has 1 aromatic carbocycles. The molecule has 0 fully saturated rings. The number of hydrogen-bond donors (Lipinski definition) is 2. The highest BCUT2D eigenvalue weighted by Crippen LogP contribution is 2.27. The Labute approximate surface area is 125 Å². The van der Waals surface area contributed by atoms with Crippen molar-refractivity contribution in [2.45, 2.75) is 18.7 Å². The van der Waals surface area contributed by atoms with Gasteiger partial charge >= 0.3 is 0 Å². The minimum atomic E-state index is -3.80. The largest absolute Gasteiger partial charge is 0.504 e. The Morgan fingerprint density at radius 1 is 1.25 bits per heavy atom. The zero-order chi connectivity index (χ0) is 14.9. The summed E-state index contributed by atoms with van der Waals surface area (Å²) in [6, 6.07) is 6.19. The van der Waals surface area contributed by atoms with E-state index in [2.05, 4.69) is 25.6 Å². The Morgan fingerprint density at radius 2 is 1.95 bits per heavy atom. The highest BCUT2D eigenvalue weighted by molar-refractivity contribution is 9.10. The highest BCUT2D eigenvalue weighted by atomic mass is 79.9. The molecular weight excluding hydrogens is 344 g/mol. The van der Waals surface area contributed by atoms with Gasteiger partial charge in [-0.25, -0.2) is 13.4 Å². The van der Waals surface area contributed by atoms with E-state index in [4.69, 9.17) is 0 Å². The number of nitrogens with zero attached hydrogens (tertiary/aromatic N) is 1. The minimum Gasteiger partial charge on any atom is -0.504 e. The van der Waals surface area contributed by atoms with E-state index in [1.165, 1.54) is 18.3 Å². The summed E-state index contributed by atoms with van der Waals surface area (Å²) >= 11 is 3.36. The van der Waals surface area contributed by atoms with Gasteiger partial charge < -0.3 is 5.11 Å². The number of aromatic nitrogens is 1.